The molecule has 0 radical (unpaired) electrons. The zero-order valence-corrected chi connectivity index (χ0v) is 14.0. The van der Waals surface area contributed by atoms with Crippen molar-refractivity contribution in [1.29, 1.82) is 0 Å². The zero-order valence-electron chi connectivity index (χ0n) is 13.2. The maximum absolute atomic E-state index is 12.4. The maximum atomic E-state index is 12.4. The second-order valence-corrected chi connectivity index (χ2v) is 6.79. The van der Waals surface area contributed by atoms with Crippen molar-refractivity contribution in [2.24, 2.45) is 0 Å². The van der Waals surface area contributed by atoms with Crippen molar-refractivity contribution >= 4 is 10.0 Å². The SMILES string of the molecule is Cc1noc(C)c1S(=O)(=O)NCCn1ccnc1-c1cnccn1. The minimum Gasteiger partial charge on any atom is -0.360 e. The van der Waals surface area contributed by atoms with Gasteiger partial charge in [-0.1, -0.05) is 5.16 Å². The number of rotatable bonds is 6. The molecule has 3 aromatic rings. The van der Waals surface area contributed by atoms with E-state index < -0.39 is 10.0 Å². The van der Waals surface area contributed by atoms with Gasteiger partial charge < -0.3 is 9.09 Å². The molecule has 0 aliphatic heterocycles. The molecule has 0 aromatic carbocycles. The van der Waals surface area contributed by atoms with E-state index in [4.69, 9.17) is 4.52 Å². The highest BCUT2D eigenvalue weighted by molar-refractivity contribution is 7.89. The minimum atomic E-state index is -3.68. The Morgan fingerprint density at radius 1 is 1.21 bits per heavy atom. The fourth-order valence-corrected chi connectivity index (χ4v) is 3.71. The second kappa shape index (κ2) is 6.49. The molecule has 0 unspecified atom stereocenters. The third-order valence-electron chi connectivity index (χ3n) is 3.39. The number of nitrogens with one attached hydrogen (secondary N) is 1. The van der Waals surface area contributed by atoms with Crippen LogP contribution in [0.5, 0.6) is 0 Å². The molecule has 0 amide bonds. The van der Waals surface area contributed by atoms with Crippen LogP contribution in [-0.2, 0) is 16.6 Å². The Hall–Kier alpha value is -2.59. The molecule has 0 fully saturated rings. The Labute approximate surface area is 138 Å². The lowest BCUT2D eigenvalue weighted by molar-refractivity contribution is 0.390. The van der Waals surface area contributed by atoms with Crippen LogP contribution in [0.4, 0.5) is 0 Å². The van der Waals surface area contributed by atoms with E-state index in [2.05, 4.69) is 24.8 Å². The summed E-state index contributed by atoms with van der Waals surface area (Å²) < 4.78 is 34.0. The predicted molar refractivity (Wildman–Crippen MR) is 84.4 cm³/mol. The molecule has 1 N–H and O–H groups in total. The van der Waals surface area contributed by atoms with Crippen LogP contribution in [0.25, 0.3) is 11.5 Å². The molecule has 9 nitrogen and oxygen atoms in total. The first-order valence-corrected chi connectivity index (χ1v) is 8.67. The van der Waals surface area contributed by atoms with Gasteiger partial charge in [-0.3, -0.25) is 4.98 Å². The lowest BCUT2D eigenvalue weighted by Crippen LogP contribution is -2.28. The summed E-state index contributed by atoms with van der Waals surface area (Å²) in [6, 6.07) is 0. The van der Waals surface area contributed by atoms with Crippen LogP contribution in [0.2, 0.25) is 0 Å². The first-order chi connectivity index (χ1) is 11.5. The summed E-state index contributed by atoms with van der Waals surface area (Å²) in [4.78, 5) is 12.5. The number of nitrogens with zero attached hydrogens (tertiary/aromatic N) is 5. The molecular formula is C14H16N6O3S. The van der Waals surface area contributed by atoms with Gasteiger partial charge in [-0.15, -0.1) is 0 Å². The molecule has 0 spiro atoms. The topological polar surface area (TPSA) is 116 Å². The molecule has 0 bridgehead atoms. The van der Waals surface area contributed by atoms with Gasteiger partial charge in [0.1, 0.15) is 16.3 Å². The van der Waals surface area contributed by atoms with Gasteiger partial charge in [0, 0.05) is 37.9 Å². The van der Waals surface area contributed by atoms with E-state index >= 15 is 0 Å². The average Bonchev–Trinajstić information content (AvgIpc) is 3.15. The highest BCUT2D eigenvalue weighted by Gasteiger charge is 2.23. The van der Waals surface area contributed by atoms with E-state index in [-0.39, 0.29) is 17.2 Å². The Morgan fingerprint density at radius 2 is 2.04 bits per heavy atom. The van der Waals surface area contributed by atoms with Crippen LogP contribution in [0.1, 0.15) is 11.5 Å². The van der Waals surface area contributed by atoms with E-state index in [1.165, 1.54) is 0 Å². The molecule has 0 atom stereocenters. The Bertz CT molecular complexity index is 913. The third-order valence-corrected chi connectivity index (χ3v) is 5.09. The summed E-state index contributed by atoms with van der Waals surface area (Å²) in [7, 11) is -3.68. The van der Waals surface area contributed by atoms with Crippen LogP contribution in [-0.4, -0.2) is 39.6 Å². The van der Waals surface area contributed by atoms with E-state index in [0.717, 1.165) is 0 Å². The molecule has 3 aromatic heterocycles. The molecule has 3 heterocycles. The van der Waals surface area contributed by atoms with E-state index in [0.29, 0.717) is 23.8 Å². The van der Waals surface area contributed by atoms with Gasteiger partial charge in [0.05, 0.1) is 6.20 Å². The number of imidazole rings is 1. The summed E-state index contributed by atoms with van der Waals surface area (Å²) >= 11 is 0. The van der Waals surface area contributed by atoms with Gasteiger partial charge in [-0.05, 0) is 13.8 Å². The van der Waals surface area contributed by atoms with E-state index in [1.807, 2.05) is 0 Å². The number of sulfonamides is 1. The van der Waals surface area contributed by atoms with Gasteiger partial charge in [0.25, 0.3) is 0 Å². The smallest absolute Gasteiger partial charge is 0.246 e. The number of hydrogen-bond acceptors (Lipinski definition) is 7. The summed E-state index contributed by atoms with van der Waals surface area (Å²) in [6.45, 7) is 3.74. The molecule has 0 aliphatic carbocycles. The van der Waals surface area contributed by atoms with Gasteiger partial charge in [0.15, 0.2) is 11.6 Å². The van der Waals surface area contributed by atoms with Crippen molar-refractivity contribution < 1.29 is 12.9 Å². The summed E-state index contributed by atoms with van der Waals surface area (Å²) in [5.74, 6) is 0.891. The Kier molecular flexibility index (Phi) is 4.40. The lowest BCUT2D eigenvalue weighted by atomic mass is 10.4. The first kappa shape index (κ1) is 16.3. The largest absolute Gasteiger partial charge is 0.360 e. The van der Waals surface area contributed by atoms with E-state index in [1.54, 1.807) is 49.4 Å². The van der Waals surface area contributed by atoms with Crippen LogP contribution in [0.15, 0.2) is 40.4 Å². The summed E-state index contributed by atoms with van der Waals surface area (Å²) in [5, 5.41) is 3.67. The van der Waals surface area contributed by atoms with Crippen molar-refractivity contribution in [2.75, 3.05) is 6.54 Å². The molecule has 24 heavy (non-hydrogen) atoms. The summed E-state index contributed by atoms with van der Waals surface area (Å²) in [6.07, 6.45) is 8.15. The maximum Gasteiger partial charge on any atom is 0.246 e. The van der Waals surface area contributed by atoms with Gasteiger partial charge in [0.2, 0.25) is 10.0 Å². The minimum absolute atomic E-state index is 0.0854. The highest BCUT2D eigenvalue weighted by Crippen LogP contribution is 2.18. The zero-order chi connectivity index (χ0) is 17.2. The van der Waals surface area contributed by atoms with Crippen molar-refractivity contribution in [2.45, 2.75) is 25.3 Å². The van der Waals surface area contributed by atoms with Crippen molar-refractivity contribution in [3.8, 4) is 11.5 Å². The quantitative estimate of drug-likeness (QED) is 0.704. The van der Waals surface area contributed by atoms with Crippen LogP contribution < -0.4 is 4.72 Å². The molecule has 10 heteroatoms. The second-order valence-electron chi connectivity index (χ2n) is 5.09. The van der Waals surface area contributed by atoms with Gasteiger partial charge >= 0.3 is 0 Å². The van der Waals surface area contributed by atoms with Gasteiger partial charge in [-0.25, -0.2) is 23.1 Å². The first-order valence-electron chi connectivity index (χ1n) is 7.19. The fraction of sp³-hybridized carbons (Fsp3) is 0.286. The Morgan fingerprint density at radius 3 is 2.71 bits per heavy atom. The van der Waals surface area contributed by atoms with Crippen molar-refractivity contribution in [3.05, 3.63) is 42.4 Å². The molecule has 0 aliphatic rings. The molecule has 126 valence electrons. The van der Waals surface area contributed by atoms with Crippen LogP contribution in [0.3, 0.4) is 0 Å². The number of hydrogen-bond donors (Lipinski definition) is 1. The highest BCUT2D eigenvalue weighted by atomic mass is 32.2. The molecule has 0 saturated carbocycles. The van der Waals surface area contributed by atoms with Crippen LogP contribution in [0, 0.1) is 13.8 Å². The number of aryl methyl sites for hydroxylation is 2. The van der Waals surface area contributed by atoms with Crippen LogP contribution >= 0.6 is 0 Å². The fourth-order valence-electron chi connectivity index (χ4n) is 2.37. The average molecular weight is 348 g/mol. The summed E-state index contributed by atoms with van der Waals surface area (Å²) in [5.41, 5.74) is 0.957. The van der Waals surface area contributed by atoms with Crippen molar-refractivity contribution in [1.82, 2.24) is 29.4 Å². The van der Waals surface area contributed by atoms with Gasteiger partial charge in [-0.2, -0.15) is 0 Å². The Balaban J connectivity index is 1.71. The molecular weight excluding hydrogens is 332 g/mol. The molecule has 3 rings (SSSR count). The monoisotopic (exact) mass is 348 g/mol. The third kappa shape index (κ3) is 3.19. The normalized spacial score (nSPS) is 11.8. The number of aromatic nitrogens is 5. The lowest BCUT2D eigenvalue weighted by Gasteiger charge is -2.09. The predicted octanol–water partition coefficient (Wildman–Crippen LogP) is 0.923. The standard InChI is InChI=1S/C14H16N6O3S/c1-10-13(11(2)23-19-10)24(21,22)18-6-8-20-7-5-17-14(20)12-9-15-3-4-16-12/h3-5,7,9,18H,6,8H2,1-2H3. The van der Waals surface area contributed by atoms with E-state index in [9.17, 15) is 8.42 Å². The van der Waals surface area contributed by atoms with Crippen molar-refractivity contribution in [3.63, 3.8) is 0 Å². The molecule has 0 saturated heterocycles.